The van der Waals surface area contributed by atoms with Gasteiger partial charge in [0.25, 0.3) is 0 Å². The lowest BCUT2D eigenvalue weighted by Gasteiger charge is -2.30. The summed E-state index contributed by atoms with van der Waals surface area (Å²) in [5.41, 5.74) is 0. The van der Waals surface area contributed by atoms with Gasteiger partial charge in [-0.15, -0.1) is 0 Å². The van der Waals surface area contributed by atoms with Gasteiger partial charge in [0, 0.05) is 31.7 Å². The lowest BCUT2D eigenvalue weighted by atomic mass is 10.0. The van der Waals surface area contributed by atoms with Crippen LogP contribution in [0, 0.1) is 0 Å². The summed E-state index contributed by atoms with van der Waals surface area (Å²) in [6.45, 7) is 4.15. The van der Waals surface area contributed by atoms with Crippen LogP contribution in [0.15, 0.2) is 0 Å². The van der Waals surface area contributed by atoms with Crippen molar-refractivity contribution in [3.63, 3.8) is 0 Å². The molecule has 14 heavy (non-hydrogen) atoms. The molecule has 0 aliphatic carbocycles. The van der Waals surface area contributed by atoms with E-state index in [1.165, 1.54) is 32.2 Å². The highest BCUT2D eigenvalue weighted by molar-refractivity contribution is 4.95. The van der Waals surface area contributed by atoms with Gasteiger partial charge in [-0.05, 0) is 25.7 Å². The van der Waals surface area contributed by atoms with Gasteiger partial charge >= 0.3 is 0 Å². The molecule has 0 amide bonds. The van der Waals surface area contributed by atoms with Gasteiger partial charge in [0.1, 0.15) is 0 Å². The van der Waals surface area contributed by atoms with Crippen molar-refractivity contribution in [1.29, 1.82) is 0 Å². The first-order valence-electron chi connectivity index (χ1n) is 6.01. The highest BCUT2D eigenvalue weighted by Crippen LogP contribution is 2.37. The number of ether oxygens (including phenoxy) is 1. The fraction of sp³-hybridized carbons (Fsp3) is 1.00. The summed E-state index contributed by atoms with van der Waals surface area (Å²) in [4.78, 5) is 2.71. The average molecular weight is 196 g/mol. The second-order valence-corrected chi connectivity index (χ2v) is 4.86. The molecule has 0 aromatic heterocycles. The summed E-state index contributed by atoms with van der Waals surface area (Å²) >= 11 is 0. The first-order valence-corrected chi connectivity index (χ1v) is 6.01. The SMILES string of the molecule is C1COC(CN2C3CCC2CC3)CN1. The van der Waals surface area contributed by atoms with Gasteiger partial charge in [-0.2, -0.15) is 0 Å². The molecule has 0 saturated carbocycles. The van der Waals surface area contributed by atoms with Gasteiger partial charge in [-0.25, -0.2) is 0 Å². The molecule has 0 spiro atoms. The number of hydrogen-bond donors (Lipinski definition) is 1. The van der Waals surface area contributed by atoms with E-state index in [2.05, 4.69) is 10.2 Å². The molecular formula is C11H20N2O. The van der Waals surface area contributed by atoms with E-state index in [-0.39, 0.29) is 0 Å². The molecule has 0 radical (unpaired) electrons. The zero-order valence-corrected chi connectivity index (χ0v) is 8.74. The van der Waals surface area contributed by atoms with Crippen LogP contribution in [0.5, 0.6) is 0 Å². The van der Waals surface area contributed by atoms with E-state index in [9.17, 15) is 0 Å². The monoisotopic (exact) mass is 196 g/mol. The molecule has 3 heterocycles. The highest BCUT2D eigenvalue weighted by atomic mass is 16.5. The summed E-state index contributed by atoms with van der Waals surface area (Å²) in [7, 11) is 0. The van der Waals surface area contributed by atoms with Gasteiger partial charge in [-0.3, -0.25) is 4.90 Å². The third kappa shape index (κ3) is 1.58. The standard InChI is InChI=1S/C11H20N2O/c1-2-10-4-3-9(1)13(10)8-11-7-12-5-6-14-11/h9-12H,1-8H2. The number of rotatable bonds is 2. The van der Waals surface area contributed by atoms with E-state index in [4.69, 9.17) is 4.74 Å². The van der Waals surface area contributed by atoms with Gasteiger partial charge in [0.05, 0.1) is 12.7 Å². The van der Waals surface area contributed by atoms with Gasteiger partial charge < -0.3 is 10.1 Å². The zero-order valence-electron chi connectivity index (χ0n) is 8.74. The van der Waals surface area contributed by atoms with Crippen LogP contribution in [0.1, 0.15) is 25.7 Å². The molecule has 3 heteroatoms. The van der Waals surface area contributed by atoms with E-state index in [0.29, 0.717) is 6.10 Å². The lowest BCUT2D eigenvalue weighted by Crippen LogP contribution is -2.46. The lowest BCUT2D eigenvalue weighted by molar-refractivity contribution is 0.00212. The Hall–Kier alpha value is -0.120. The number of morpholine rings is 1. The summed E-state index contributed by atoms with van der Waals surface area (Å²) in [5.74, 6) is 0. The smallest absolute Gasteiger partial charge is 0.0826 e. The van der Waals surface area contributed by atoms with Gasteiger partial charge in [-0.1, -0.05) is 0 Å². The Morgan fingerprint density at radius 1 is 1.14 bits per heavy atom. The van der Waals surface area contributed by atoms with Crippen molar-refractivity contribution in [2.24, 2.45) is 0 Å². The van der Waals surface area contributed by atoms with Crippen LogP contribution in [-0.2, 0) is 4.74 Å². The Labute approximate surface area is 85.8 Å². The van der Waals surface area contributed by atoms with E-state index >= 15 is 0 Å². The molecule has 1 unspecified atom stereocenters. The Bertz CT molecular complexity index is 183. The molecule has 80 valence electrons. The minimum absolute atomic E-state index is 0.449. The van der Waals surface area contributed by atoms with Crippen molar-refractivity contribution in [2.75, 3.05) is 26.2 Å². The maximum atomic E-state index is 5.76. The van der Waals surface area contributed by atoms with Crippen molar-refractivity contribution < 1.29 is 4.74 Å². The van der Waals surface area contributed by atoms with E-state index in [1.807, 2.05) is 0 Å². The minimum atomic E-state index is 0.449. The van der Waals surface area contributed by atoms with Crippen LogP contribution in [0.3, 0.4) is 0 Å². The second kappa shape index (κ2) is 3.80. The Morgan fingerprint density at radius 3 is 2.43 bits per heavy atom. The fourth-order valence-electron chi connectivity index (χ4n) is 3.29. The van der Waals surface area contributed by atoms with Crippen molar-refractivity contribution in [2.45, 2.75) is 43.9 Å². The predicted molar refractivity (Wildman–Crippen MR) is 55.4 cm³/mol. The summed E-state index contributed by atoms with van der Waals surface area (Å²) in [6, 6.07) is 1.79. The first-order chi connectivity index (χ1) is 6.93. The summed E-state index contributed by atoms with van der Waals surface area (Å²) in [5, 5.41) is 3.41. The molecule has 1 N–H and O–H groups in total. The molecule has 3 nitrogen and oxygen atoms in total. The third-order valence-electron chi connectivity index (χ3n) is 4.02. The Balaban J connectivity index is 1.56. The van der Waals surface area contributed by atoms with Crippen LogP contribution in [0.25, 0.3) is 0 Å². The van der Waals surface area contributed by atoms with Crippen LogP contribution < -0.4 is 5.32 Å². The predicted octanol–water partition coefficient (Wildman–Crippen LogP) is 0.602. The summed E-state index contributed by atoms with van der Waals surface area (Å²) in [6.07, 6.45) is 6.19. The summed E-state index contributed by atoms with van der Waals surface area (Å²) < 4.78 is 5.76. The Morgan fingerprint density at radius 2 is 1.86 bits per heavy atom. The van der Waals surface area contributed by atoms with Crippen molar-refractivity contribution in [3.8, 4) is 0 Å². The van der Waals surface area contributed by atoms with Crippen LogP contribution in [-0.4, -0.2) is 49.3 Å². The molecule has 3 fully saturated rings. The van der Waals surface area contributed by atoms with Crippen molar-refractivity contribution >= 4 is 0 Å². The van der Waals surface area contributed by atoms with Gasteiger partial charge in [0.15, 0.2) is 0 Å². The number of hydrogen-bond acceptors (Lipinski definition) is 3. The molecule has 3 aliphatic rings. The third-order valence-corrected chi connectivity index (χ3v) is 4.02. The topological polar surface area (TPSA) is 24.5 Å². The zero-order chi connectivity index (χ0) is 9.38. The molecule has 0 aromatic rings. The molecule has 0 aromatic carbocycles. The van der Waals surface area contributed by atoms with Gasteiger partial charge in [0.2, 0.25) is 0 Å². The van der Waals surface area contributed by atoms with Crippen LogP contribution >= 0.6 is 0 Å². The molecule has 3 rings (SSSR count). The van der Waals surface area contributed by atoms with E-state index in [1.54, 1.807) is 0 Å². The maximum absolute atomic E-state index is 5.76. The first kappa shape index (κ1) is 9.13. The number of nitrogens with one attached hydrogen (secondary N) is 1. The van der Waals surface area contributed by atoms with E-state index in [0.717, 1.165) is 31.8 Å². The van der Waals surface area contributed by atoms with Crippen LogP contribution in [0.2, 0.25) is 0 Å². The van der Waals surface area contributed by atoms with Crippen molar-refractivity contribution in [3.05, 3.63) is 0 Å². The number of fused-ring (bicyclic) bond motifs is 2. The molecular weight excluding hydrogens is 176 g/mol. The average Bonchev–Trinajstić information content (AvgIpc) is 2.80. The quantitative estimate of drug-likeness (QED) is 0.700. The van der Waals surface area contributed by atoms with Crippen molar-refractivity contribution in [1.82, 2.24) is 10.2 Å². The minimum Gasteiger partial charge on any atom is -0.374 e. The van der Waals surface area contributed by atoms with Crippen LogP contribution in [0.4, 0.5) is 0 Å². The molecule has 3 saturated heterocycles. The largest absolute Gasteiger partial charge is 0.374 e. The molecule has 3 aliphatic heterocycles. The molecule has 2 bridgehead atoms. The number of nitrogens with zero attached hydrogens (tertiary/aromatic N) is 1. The highest BCUT2D eigenvalue weighted by Gasteiger charge is 2.40. The Kier molecular flexibility index (Phi) is 2.48. The van der Waals surface area contributed by atoms with E-state index < -0.39 is 0 Å². The normalized spacial score (nSPS) is 43.3. The molecule has 1 atom stereocenters. The fourth-order valence-corrected chi connectivity index (χ4v) is 3.29. The maximum Gasteiger partial charge on any atom is 0.0826 e. The second-order valence-electron chi connectivity index (χ2n) is 4.86.